The highest BCUT2D eigenvalue weighted by Gasteiger charge is 2.33. The summed E-state index contributed by atoms with van der Waals surface area (Å²) >= 11 is 0.798. The van der Waals surface area contributed by atoms with Crippen molar-refractivity contribution in [1.82, 2.24) is 9.97 Å². The Kier molecular flexibility index (Phi) is 6.78. The van der Waals surface area contributed by atoms with E-state index in [1.165, 1.54) is 31.2 Å². The molecule has 10 heteroatoms. The average Bonchev–Trinajstić information content (AvgIpc) is 2.59. The number of aryl methyl sites for hydroxylation is 1. The Balaban J connectivity index is 1.95. The van der Waals surface area contributed by atoms with Crippen molar-refractivity contribution in [1.29, 1.82) is 0 Å². The number of carbonyl (C=O) groups is 2. The number of rotatable bonds is 6. The molecule has 1 aromatic heterocycles. The molecule has 0 atom stereocenters. The summed E-state index contributed by atoms with van der Waals surface area (Å²) in [7, 11) is 0. The summed E-state index contributed by atoms with van der Waals surface area (Å²) in [5.41, 5.74) is -0.103. The van der Waals surface area contributed by atoms with E-state index in [1.807, 2.05) is 0 Å². The number of halogens is 3. The highest BCUT2D eigenvalue weighted by molar-refractivity contribution is 7.99. The van der Waals surface area contributed by atoms with Crippen LogP contribution in [0.2, 0.25) is 0 Å². The second-order valence-electron chi connectivity index (χ2n) is 5.31. The summed E-state index contributed by atoms with van der Waals surface area (Å²) in [6.45, 7) is 3.37. The van der Waals surface area contributed by atoms with E-state index in [4.69, 9.17) is 4.74 Å². The topological polar surface area (TPSA) is 81.2 Å². The molecule has 0 saturated carbocycles. The maximum absolute atomic E-state index is 12.8. The van der Waals surface area contributed by atoms with E-state index in [0.717, 1.165) is 17.8 Å². The molecule has 0 aliphatic carbocycles. The number of esters is 1. The van der Waals surface area contributed by atoms with Crippen LogP contribution in [0.25, 0.3) is 0 Å². The van der Waals surface area contributed by atoms with Gasteiger partial charge in [-0.15, -0.1) is 0 Å². The monoisotopic (exact) mass is 399 g/mol. The van der Waals surface area contributed by atoms with Crippen molar-refractivity contribution in [2.75, 3.05) is 17.7 Å². The lowest BCUT2D eigenvalue weighted by Gasteiger charge is -2.09. The minimum atomic E-state index is -4.58. The summed E-state index contributed by atoms with van der Waals surface area (Å²) in [6.07, 6.45) is -4.58. The first-order valence-corrected chi connectivity index (χ1v) is 8.80. The average molecular weight is 399 g/mol. The van der Waals surface area contributed by atoms with Crippen LogP contribution in [0.3, 0.4) is 0 Å². The summed E-state index contributed by atoms with van der Waals surface area (Å²) in [6, 6.07) is 6.90. The van der Waals surface area contributed by atoms with Crippen LogP contribution in [-0.4, -0.2) is 34.2 Å². The Morgan fingerprint density at radius 3 is 2.44 bits per heavy atom. The second-order valence-corrected chi connectivity index (χ2v) is 6.25. The Morgan fingerprint density at radius 2 is 1.85 bits per heavy atom. The second kappa shape index (κ2) is 8.85. The van der Waals surface area contributed by atoms with Gasteiger partial charge in [-0.3, -0.25) is 4.79 Å². The molecule has 6 nitrogen and oxygen atoms in total. The van der Waals surface area contributed by atoms with Gasteiger partial charge in [-0.25, -0.2) is 14.8 Å². The van der Waals surface area contributed by atoms with E-state index in [9.17, 15) is 22.8 Å². The lowest BCUT2D eigenvalue weighted by atomic mass is 10.2. The van der Waals surface area contributed by atoms with Gasteiger partial charge < -0.3 is 10.1 Å². The summed E-state index contributed by atoms with van der Waals surface area (Å²) in [5.74, 6) is -1.08. The minimum Gasteiger partial charge on any atom is -0.462 e. The maximum atomic E-state index is 12.8. The molecule has 0 spiro atoms. The highest BCUT2D eigenvalue weighted by atomic mass is 32.2. The fourth-order valence-corrected chi connectivity index (χ4v) is 2.69. The zero-order valence-electron chi connectivity index (χ0n) is 14.5. The predicted molar refractivity (Wildman–Crippen MR) is 93.5 cm³/mol. The summed E-state index contributed by atoms with van der Waals surface area (Å²) < 4.78 is 43.1. The zero-order valence-corrected chi connectivity index (χ0v) is 15.3. The molecule has 2 aromatic rings. The number of thioether (sulfide) groups is 1. The number of anilines is 1. The molecule has 0 fully saturated rings. The van der Waals surface area contributed by atoms with Gasteiger partial charge in [0.2, 0.25) is 5.91 Å². The molecule has 0 unspecified atom stereocenters. The third kappa shape index (κ3) is 6.24. The fraction of sp³-hybridized carbons (Fsp3) is 0.294. The molecular weight excluding hydrogens is 383 g/mol. The molecule has 1 amide bonds. The highest BCUT2D eigenvalue weighted by Crippen LogP contribution is 2.29. The van der Waals surface area contributed by atoms with E-state index in [-0.39, 0.29) is 23.2 Å². The molecule has 2 rings (SSSR count). The van der Waals surface area contributed by atoms with E-state index >= 15 is 0 Å². The van der Waals surface area contributed by atoms with Gasteiger partial charge in [0.15, 0.2) is 5.16 Å². The molecule has 0 aliphatic rings. The Hall–Kier alpha value is -2.62. The number of nitrogens with zero attached hydrogens (tertiary/aromatic N) is 2. The smallest absolute Gasteiger partial charge is 0.433 e. The molecular formula is C17H16F3N3O3S. The molecule has 144 valence electrons. The van der Waals surface area contributed by atoms with Crippen LogP contribution in [0.4, 0.5) is 18.9 Å². The Labute approximate surface area is 157 Å². The third-order valence-electron chi connectivity index (χ3n) is 3.14. The first kappa shape index (κ1) is 20.7. The lowest BCUT2D eigenvalue weighted by molar-refractivity contribution is -0.141. The Morgan fingerprint density at radius 1 is 1.19 bits per heavy atom. The van der Waals surface area contributed by atoms with Gasteiger partial charge in [-0.1, -0.05) is 11.8 Å². The van der Waals surface area contributed by atoms with E-state index in [0.29, 0.717) is 11.3 Å². The van der Waals surface area contributed by atoms with E-state index in [2.05, 4.69) is 15.3 Å². The van der Waals surface area contributed by atoms with Gasteiger partial charge in [-0.2, -0.15) is 13.2 Å². The standard InChI is InChI=1S/C17H16F3N3O3S/c1-3-26-15(25)11-4-6-12(7-5-11)22-14(24)9-27-16-21-10(2)8-13(23-16)17(18,19)20/h4-8H,3,9H2,1-2H3,(H,22,24). The fourth-order valence-electron chi connectivity index (χ4n) is 1.98. The number of carbonyl (C=O) groups excluding carboxylic acids is 2. The molecule has 1 heterocycles. The third-order valence-corrected chi connectivity index (χ3v) is 3.98. The van der Waals surface area contributed by atoms with Crippen molar-refractivity contribution in [2.45, 2.75) is 25.2 Å². The number of benzene rings is 1. The van der Waals surface area contributed by atoms with Crippen molar-refractivity contribution in [2.24, 2.45) is 0 Å². The number of alkyl halides is 3. The van der Waals surface area contributed by atoms with Crippen LogP contribution in [0.5, 0.6) is 0 Å². The molecule has 0 aliphatic heterocycles. The molecule has 1 N–H and O–H groups in total. The normalized spacial score (nSPS) is 11.1. The zero-order chi connectivity index (χ0) is 20.0. The van der Waals surface area contributed by atoms with Crippen molar-refractivity contribution in [3.8, 4) is 0 Å². The van der Waals surface area contributed by atoms with Gasteiger partial charge in [0.05, 0.1) is 17.9 Å². The van der Waals surface area contributed by atoms with Gasteiger partial charge in [-0.05, 0) is 44.2 Å². The first-order chi connectivity index (χ1) is 12.7. The Bertz CT molecular complexity index is 826. The minimum absolute atomic E-state index is 0.130. The number of hydrogen-bond acceptors (Lipinski definition) is 6. The quantitative estimate of drug-likeness (QED) is 0.453. The SMILES string of the molecule is CCOC(=O)c1ccc(NC(=O)CSc2nc(C)cc(C(F)(F)F)n2)cc1. The molecule has 0 bridgehead atoms. The molecule has 0 radical (unpaired) electrons. The van der Waals surface area contributed by atoms with Crippen molar-refractivity contribution in [3.05, 3.63) is 47.3 Å². The predicted octanol–water partition coefficient (Wildman–Crippen LogP) is 3.71. The van der Waals surface area contributed by atoms with E-state index in [1.54, 1.807) is 6.92 Å². The first-order valence-electron chi connectivity index (χ1n) is 7.81. The van der Waals surface area contributed by atoms with Gasteiger partial charge in [0.25, 0.3) is 0 Å². The van der Waals surface area contributed by atoms with Crippen LogP contribution >= 0.6 is 11.8 Å². The van der Waals surface area contributed by atoms with Crippen molar-refractivity contribution < 1.29 is 27.5 Å². The summed E-state index contributed by atoms with van der Waals surface area (Å²) in [5, 5.41) is 2.45. The number of aromatic nitrogens is 2. The molecule has 0 saturated heterocycles. The van der Waals surface area contributed by atoms with Crippen LogP contribution < -0.4 is 5.32 Å². The maximum Gasteiger partial charge on any atom is 0.433 e. The summed E-state index contributed by atoms with van der Waals surface area (Å²) in [4.78, 5) is 30.9. The van der Waals surface area contributed by atoms with E-state index < -0.39 is 23.7 Å². The van der Waals surface area contributed by atoms with Crippen LogP contribution in [0, 0.1) is 6.92 Å². The number of nitrogens with one attached hydrogen (secondary N) is 1. The van der Waals surface area contributed by atoms with Crippen molar-refractivity contribution >= 4 is 29.3 Å². The number of amides is 1. The lowest BCUT2D eigenvalue weighted by Crippen LogP contribution is -2.15. The van der Waals surface area contributed by atoms with Crippen LogP contribution in [0.15, 0.2) is 35.5 Å². The molecule has 1 aromatic carbocycles. The largest absolute Gasteiger partial charge is 0.462 e. The van der Waals surface area contributed by atoms with Gasteiger partial charge >= 0.3 is 12.1 Å². The number of ether oxygens (including phenoxy) is 1. The molecule has 27 heavy (non-hydrogen) atoms. The van der Waals surface area contributed by atoms with Crippen LogP contribution in [0.1, 0.15) is 28.7 Å². The van der Waals surface area contributed by atoms with Crippen molar-refractivity contribution in [3.63, 3.8) is 0 Å². The van der Waals surface area contributed by atoms with Crippen LogP contribution in [-0.2, 0) is 15.7 Å². The number of hydrogen-bond donors (Lipinski definition) is 1. The van der Waals surface area contributed by atoms with Gasteiger partial charge in [0, 0.05) is 11.4 Å². The van der Waals surface area contributed by atoms with Gasteiger partial charge in [0.1, 0.15) is 5.69 Å².